The first-order valence-electron chi connectivity index (χ1n) is 19.9. The number of aromatic nitrogens is 1. The normalized spacial score (nSPS) is 17.6. The van der Waals surface area contributed by atoms with E-state index in [0.29, 0.717) is 15.1 Å². The molecule has 5 aromatic carbocycles. The van der Waals surface area contributed by atoms with Crippen molar-refractivity contribution in [3.63, 3.8) is 0 Å². The number of nitrogens with zero attached hydrogens (tertiary/aromatic N) is 3. The van der Waals surface area contributed by atoms with Crippen molar-refractivity contribution in [2.45, 2.75) is 43.0 Å². The van der Waals surface area contributed by atoms with E-state index in [1.165, 1.54) is 16.2 Å². The maximum absolute atomic E-state index is 14.3. The Morgan fingerprint density at radius 1 is 0.839 bits per heavy atom. The number of hydrogen-bond acceptors (Lipinski definition) is 10. The third-order valence-corrected chi connectivity index (χ3v) is 13.8. The number of fused-ring (bicyclic) bond motifs is 1. The van der Waals surface area contributed by atoms with E-state index in [4.69, 9.17) is 14.6 Å². The molecule has 62 heavy (non-hydrogen) atoms. The molecule has 1 saturated heterocycles. The van der Waals surface area contributed by atoms with Crippen LogP contribution in [-0.4, -0.2) is 65.3 Å². The van der Waals surface area contributed by atoms with Crippen LogP contribution in [-0.2, 0) is 40.3 Å². The van der Waals surface area contributed by atoms with Gasteiger partial charge in [-0.2, -0.15) is 0 Å². The fraction of sp³-hybridized carbons (Fsp3) is 0.188. The summed E-state index contributed by atoms with van der Waals surface area (Å²) in [5.41, 5.74) is 4.13. The molecule has 2 unspecified atom stereocenters. The third kappa shape index (κ3) is 8.59. The maximum Gasteiger partial charge on any atom is 0.356 e. The van der Waals surface area contributed by atoms with Gasteiger partial charge in [0, 0.05) is 9.81 Å². The molecule has 314 valence electrons. The first-order chi connectivity index (χ1) is 30.2. The Kier molecular flexibility index (Phi) is 13.1. The van der Waals surface area contributed by atoms with Crippen molar-refractivity contribution < 1.29 is 28.2 Å². The lowest BCUT2D eigenvalue weighted by molar-refractivity contribution is -0.154. The van der Waals surface area contributed by atoms with Crippen LogP contribution in [0, 0.1) is 0 Å². The Morgan fingerprint density at radius 3 is 1.82 bits per heavy atom. The summed E-state index contributed by atoms with van der Waals surface area (Å²) < 4.78 is 20.4. The summed E-state index contributed by atoms with van der Waals surface area (Å²) in [5, 5.41) is 11.9. The van der Waals surface area contributed by atoms with Gasteiger partial charge in [0.05, 0.1) is 16.6 Å². The summed E-state index contributed by atoms with van der Waals surface area (Å²) in [6.07, 6.45) is -1.15. The van der Waals surface area contributed by atoms with E-state index in [0.717, 1.165) is 27.8 Å². The lowest BCUT2D eigenvalue weighted by Gasteiger charge is -2.49. The molecule has 0 aliphatic carbocycles. The summed E-state index contributed by atoms with van der Waals surface area (Å²) in [6.45, 7) is 3.55. The van der Waals surface area contributed by atoms with Crippen molar-refractivity contribution >= 4 is 73.4 Å². The standard InChI is InChI=1S/C48H42IN5O6S2/c1-31(2)60-53-39(38-29-61-47(50-38)52-48(35-22-12-5-13-23-35,36-24-14-6-15-25-36)37-26-16-7-17-27-37)43(55)51-40-44(56)54-41(34(28-49)30-62(58)45(40)54)46(57)59-42(32-18-8-3-9-19-32)33-20-10-4-11-21-33/h3-27,29,31,40,42,45H,28,30H2,1-2H3,(H,50,52)(H,51,55)/t40?,45-,62?/m1/s1. The first-order valence-corrected chi connectivity index (χ1v) is 23.7. The van der Waals surface area contributed by atoms with Gasteiger partial charge in [0.1, 0.15) is 34.4 Å². The number of carbonyl (C=O) groups excluding carboxylic acids is 3. The smallest absolute Gasteiger partial charge is 0.356 e. The molecule has 1 fully saturated rings. The molecule has 0 radical (unpaired) electrons. The summed E-state index contributed by atoms with van der Waals surface area (Å²) in [4.78, 5) is 54.3. The molecular formula is C48H42IN5O6S2. The highest BCUT2D eigenvalue weighted by molar-refractivity contribution is 14.1. The van der Waals surface area contributed by atoms with Crippen LogP contribution >= 0.6 is 33.9 Å². The zero-order valence-corrected chi connectivity index (χ0v) is 37.5. The Hall–Kier alpha value is -5.97. The van der Waals surface area contributed by atoms with Crippen LogP contribution in [0.3, 0.4) is 0 Å². The predicted molar refractivity (Wildman–Crippen MR) is 250 cm³/mol. The summed E-state index contributed by atoms with van der Waals surface area (Å²) in [6, 6.07) is 47.6. The Balaban J connectivity index is 1.07. The molecule has 2 aliphatic rings. The number of β-lactam (4-membered cyclic amide) rings is 1. The predicted octanol–water partition coefficient (Wildman–Crippen LogP) is 8.11. The lowest BCUT2D eigenvalue weighted by Crippen LogP contribution is -2.74. The van der Waals surface area contributed by atoms with E-state index >= 15 is 0 Å². The molecule has 1 aromatic heterocycles. The minimum atomic E-state index is -1.65. The molecule has 0 bridgehead atoms. The van der Waals surface area contributed by atoms with E-state index in [9.17, 15) is 18.6 Å². The first kappa shape index (κ1) is 42.7. The number of carbonyl (C=O) groups is 3. The van der Waals surface area contributed by atoms with E-state index in [1.54, 1.807) is 19.2 Å². The molecular weight excluding hydrogens is 934 g/mol. The lowest BCUT2D eigenvalue weighted by atomic mass is 9.77. The number of halogens is 1. The van der Waals surface area contributed by atoms with E-state index in [-0.39, 0.29) is 29.0 Å². The number of hydrogen-bond donors (Lipinski definition) is 2. The van der Waals surface area contributed by atoms with Gasteiger partial charge in [-0.1, -0.05) is 179 Å². The SMILES string of the molecule is CC(C)ON=C(C(=O)NC1C(=O)N2C(C(=O)OC(c3ccccc3)c3ccccc3)=C(CI)CS(=O)[C@H]12)c1csc(NC(c2ccccc2)(c2ccccc2)c2ccccc2)n1. The number of amides is 2. The fourth-order valence-corrected chi connectivity index (χ4v) is 11.1. The second-order valence-corrected chi connectivity index (χ2v) is 18.0. The minimum Gasteiger partial charge on any atom is -0.448 e. The quantitative estimate of drug-likeness (QED) is 0.0200. The second-order valence-electron chi connectivity index (χ2n) is 14.9. The van der Waals surface area contributed by atoms with Gasteiger partial charge in [-0.05, 0) is 47.2 Å². The zero-order valence-electron chi connectivity index (χ0n) is 33.7. The van der Waals surface area contributed by atoms with Crippen LogP contribution < -0.4 is 10.6 Å². The summed E-state index contributed by atoms with van der Waals surface area (Å²) in [5.74, 6) is -2.04. The summed E-state index contributed by atoms with van der Waals surface area (Å²) in [7, 11) is -1.65. The average molecular weight is 976 g/mol. The van der Waals surface area contributed by atoms with Crippen molar-refractivity contribution in [3.05, 3.63) is 202 Å². The van der Waals surface area contributed by atoms with Gasteiger partial charge in [-0.15, -0.1) is 11.3 Å². The van der Waals surface area contributed by atoms with E-state index in [2.05, 4.69) is 74.8 Å². The van der Waals surface area contributed by atoms with Gasteiger partial charge in [0.15, 0.2) is 16.9 Å². The highest BCUT2D eigenvalue weighted by Gasteiger charge is 2.57. The average Bonchev–Trinajstić information content (AvgIpc) is 3.77. The maximum atomic E-state index is 14.3. The third-order valence-electron chi connectivity index (χ3n) is 10.5. The van der Waals surface area contributed by atoms with Crippen molar-refractivity contribution in [3.8, 4) is 0 Å². The topological polar surface area (TPSA) is 139 Å². The van der Waals surface area contributed by atoms with Gasteiger partial charge < -0.3 is 20.2 Å². The minimum absolute atomic E-state index is 0.0278. The van der Waals surface area contributed by atoms with Gasteiger partial charge in [0.2, 0.25) is 0 Å². The van der Waals surface area contributed by atoms with Crippen LogP contribution in [0.4, 0.5) is 5.13 Å². The van der Waals surface area contributed by atoms with Crippen LogP contribution in [0.2, 0.25) is 0 Å². The fourth-order valence-electron chi connectivity index (χ4n) is 7.64. The number of oxime groups is 1. The van der Waals surface area contributed by atoms with Gasteiger partial charge in [0.25, 0.3) is 11.8 Å². The molecule has 2 N–H and O–H groups in total. The second kappa shape index (κ2) is 19.0. The molecule has 14 heteroatoms. The molecule has 8 rings (SSSR count). The van der Waals surface area contributed by atoms with Gasteiger partial charge in [-0.25, -0.2) is 9.78 Å². The van der Waals surface area contributed by atoms with Crippen molar-refractivity contribution in [1.82, 2.24) is 15.2 Å². The molecule has 0 spiro atoms. The molecule has 2 aliphatic heterocycles. The number of anilines is 1. The van der Waals surface area contributed by atoms with Gasteiger partial charge >= 0.3 is 5.97 Å². The molecule has 3 heterocycles. The van der Waals surface area contributed by atoms with Crippen molar-refractivity contribution in [2.75, 3.05) is 15.5 Å². The highest BCUT2D eigenvalue weighted by atomic mass is 127. The van der Waals surface area contributed by atoms with E-state index < -0.39 is 51.6 Å². The summed E-state index contributed by atoms with van der Waals surface area (Å²) >= 11 is 3.38. The number of esters is 1. The largest absolute Gasteiger partial charge is 0.448 e. The number of alkyl halides is 1. The monoisotopic (exact) mass is 975 g/mol. The Labute approximate surface area is 379 Å². The van der Waals surface area contributed by atoms with E-state index in [1.807, 2.05) is 115 Å². The van der Waals surface area contributed by atoms with Crippen LogP contribution in [0.1, 0.15) is 53.5 Å². The zero-order chi connectivity index (χ0) is 43.2. The molecule has 0 saturated carbocycles. The molecule has 2 amide bonds. The number of ether oxygens (including phenoxy) is 1. The van der Waals surface area contributed by atoms with Crippen LogP contribution in [0.25, 0.3) is 0 Å². The molecule has 6 aromatic rings. The van der Waals surface area contributed by atoms with Crippen LogP contribution in [0.15, 0.2) is 173 Å². The Morgan fingerprint density at radius 2 is 1.34 bits per heavy atom. The molecule has 11 nitrogen and oxygen atoms in total. The number of benzene rings is 5. The number of thiazole rings is 1. The van der Waals surface area contributed by atoms with Crippen molar-refractivity contribution in [2.24, 2.45) is 5.16 Å². The Bertz CT molecular complexity index is 2490. The number of nitrogens with one attached hydrogen (secondary N) is 2. The number of rotatable bonds is 15. The van der Waals surface area contributed by atoms with Crippen molar-refractivity contribution in [1.29, 1.82) is 0 Å². The molecule has 3 atom stereocenters. The van der Waals surface area contributed by atoms with Crippen LogP contribution in [0.5, 0.6) is 0 Å². The highest BCUT2D eigenvalue weighted by Crippen LogP contribution is 2.41. The van der Waals surface area contributed by atoms with Gasteiger partial charge in [-0.3, -0.25) is 18.7 Å².